The zero-order valence-corrected chi connectivity index (χ0v) is 10.5. The number of fused-ring (bicyclic) bond motifs is 1. The third-order valence-electron chi connectivity index (χ3n) is 3.62. The summed E-state index contributed by atoms with van der Waals surface area (Å²) in [5.41, 5.74) is -0.306. The average molecular weight is 263 g/mol. The largest absolute Gasteiger partial charge is 0.331 e. The fourth-order valence-corrected chi connectivity index (χ4v) is 2.39. The lowest BCUT2D eigenvalue weighted by Crippen LogP contribution is -2.49. The highest BCUT2D eigenvalue weighted by atomic mass is 19.1. The van der Waals surface area contributed by atoms with Crippen LogP contribution in [0.2, 0.25) is 0 Å². The zero-order valence-electron chi connectivity index (χ0n) is 10.5. The van der Waals surface area contributed by atoms with E-state index in [0.717, 1.165) is 13.1 Å². The maximum Gasteiger partial charge on any atom is 0.331 e. The third kappa shape index (κ3) is 1.88. The van der Waals surface area contributed by atoms with Crippen LogP contribution in [0.15, 0.2) is 27.8 Å². The van der Waals surface area contributed by atoms with E-state index < -0.39 is 11.4 Å². The summed E-state index contributed by atoms with van der Waals surface area (Å²) in [6, 6.07) is 3.90. The first-order valence-electron chi connectivity index (χ1n) is 6.17. The van der Waals surface area contributed by atoms with Crippen LogP contribution in [-0.2, 0) is 13.6 Å². The molecule has 100 valence electrons. The molecule has 1 aromatic heterocycles. The van der Waals surface area contributed by atoms with Gasteiger partial charge in [0.2, 0.25) is 0 Å². The van der Waals surface area contributed by atoms with Crippen LogP contribution in [-0.4, -0.2) is 22.2 Å². The van der Waals surface area contributed by atoms with E-state index in [1.807, 2.05) is 0 Å². The molecule has 0 aliphatic carbocycles. The molecule has 1 fully saturated rings. The molecular weight excluding hydrogens is 249 g/mol. The number of hydrogen-bond donors (Lipinski definition) is 1. The molecule has 19 heavy (non-hydrogen) atoms. The van der Waals surface area contributed by atoms with Crippen molar-refractivity contribution in [3.63, 3.8) is 0 Å². The van der Waals surface area contributed by atoms with Gasteiger partial charge in [-0.3, -0.25) is 13.9 Å². The summed E-state index contributed by atoms with van der Waals surface area (Å²) in [5.74, 6) is -0.184. The quantitative estimate of drug-likeness (QED) is 0.833. The van der Waals surface area contributed by atoms with Gasteiger partial charge in [-0.2, -0.15) is 0 Å². The highest BCUT2D eigenvalue weighted by molar-refractivity contribution is 5.77. The Bertz CT molecular complexity index is 759. The third-order valence-corrected chi connectivity index (χ3v) is 3.62. The van der Waals surface area contributed by atoms with Crippen molar-refractivity contribution in [2.45, 2.75) is 6.54 Å². The first kappa shape index (κ1) is 12.1. The summed E-state index contributed by atoms with van der Waals surface area (Å²) in [6.45, 7) is 1.98. The van der Waals surface area contributed by atoms with Crippen molar-refractivity contribution < 1.29 is 4.39 Å². The minimum absolute atomic E-state index is 0.245. The molecule has 1 saturated heterocycles. The number of rotatable bonds is 2. The maximum atomic E-state index is 13.3. The number of halogens is 1. The van der Waals surface area contributed by atoms with Gasteiger partial charge in [0.1, 0.15) is 5.82 Å². The van der Waals surface area contributed by atoms with E-state index >= 15 is 0 Å². The summed E-state index contributed by atoms with van der Waals surface area (Å²) in [5, 5.41) is 3.34. The lowest BCUT2D eigenvalue weighted by molar-refractivity contribution is 0.298. The lowest BCUT2D eigenvalue weighted by atomic mass is 10.0. The van der Waals surface area contributed by atoms with Crippen LogP contribution in [0, 0.1) is 11.7 Å². The van der Waals surface area contributed by atoms with Crippen LogP contribution >= 0.6 is 0 Å². The van der Waals surface area contributed by atoms with Gasteiger partial charge in [-0.05, 0) is 18.2 Å². The van der Waals surface area contributed by atoms with Gasteiger partial charge in [-0.25, -0.2) is 9.18 Å². The van der Waals surface area contributed by atoms with E-state index in [9.17, 15) is 14.0 Å². The van der Waals surface area contributed by atoms with E-state index in [1.165, 1.54) is 27.3 Å². The van der Waals surface area contributed by atoms with Crippen molar-refractivity contribution in [2.75, 3.05) is 13.1 Å². The topological polar surface area (TPSA) is 56.0 Å². The average Bonchev–Trinajstić information content (AvgIpc) is 2.34. The van der Waals surface area contributed by atoms with Gasteiger partial charge in [0.05, 0.1) is 10.9 Å². The molecule has 2 aromatic rings. The fourth-order valence-electron chi connectivity index (χ4n) is 2.39. The van der Waals surface area contributed by atoms with Gasteiger partial charge in [-0.15, -0.1) is 0 Å². The Hall–Kier alpha value is -1.95. The van der Waals surface area contributed by atoms with Gasteiger partial charge < -0.3 is 5.32 Å². The van der Waals surface area contributed by atoms with Crippen LogP contribution in [0.5, 0.6) is 0 Å². The van der Waals surface area contributed by atoms with Crippen LogP contribution in [0.4, 0.5) is 4.39 Å². The minimum atomic E-state index is -0.472. The summed E-state index contributed by atoms with van der Waals surface area (Å²) >= 11 is 0. The van der Waals surface area contributed by atoms with Gasteiger partial charge in [0, 0.05) is 32.6 Å². The van der Waals surface area contributed by atoms with Crippen molar-refractivity contribution in [3.05, 3.63) is 44.9 Å². The number of nitrogens with one attached hydrogen (secondary N) is 1. The monoisotopic (exact) mass is 263 g/mol. The second-order valence-corrected chi connectivity index (χ2v) is 4.94. The summed E-state index contributed by atoms with van der Waals surface area (Å²) < 4.78 is 15.9. The Kier molecular flexibility index (Phi) is 2.74. The Morgan fingerprint density at radius 3 is 2.74 bits per heavy atom. The number of nitrogens with zero attached hydrogens (tertiary/aromatic N) is 2. The van der Waals surface area contributed by atoms with E-state index in [-0.39, 0.29) is 17.0 Å². The smallest absolute Gasteiger partial charge is 0.316 e. The first-order valence-corrected chi connectivity index (χ1v) is 6.17. The predicted molar refractivity (Wildman–Crippen MR) is 69.8 cm³/mol. The molecule has 1 aliphatic heterocycles. The molecule has 0 amide bonds. The number of aromatic nitrogens is 2. The van der Waals surface area contributed by atoms with Gasteiger partial charge in [-0.1, -0.05) is 0 Å². The molecule has 0 spiro atoms. The Morgan fingerprint density at radius 1 is 1.37 bits per heavy atom. The van der Waals surface area contributed by atoms with Crippen molar-refractivity contribution in [1.82, 2.24) is 14.5 Å². The van der Waals surface area contributed by atoms with E-state index in [0.29, 0.717) is 12.1 Å². The second kappa shape index (κ2) is 4.31. The van der Waals surface area contributed by atoms with Crippen molar-refractivity contribution in [2.24, 2.45) is 13.0 Å². The zero-order chi connectivity index (χ0) is 13.6. The molecule has 1 N–H and O–H groups in total. The normalized spacial score (nSPS) is 15.7. The molecule has 3 rings (SSSR count). The Balaban J connectivity index is 2.26. The fraction of sp³-hybridized carbons (Fsp3) is 0.385. The van der Waals surface area contributed by atoms with E-state index in [2.05, 4.69) is 5.32 Å². The molecule has 1 aliphatic rings. The summed E-state index contributed by atoms with van der Waals surface area (Å²) in [7, 11) is 1.59. The Labute approximate surface area is 108 Å². The molecule has 0 atom stereocenters. The maximum absolute atomic E-state index is 13.3. The first-order chi connectivity index (χ1) is 9.08. The highest BCUT2D eigenvalue weighted by Gasteiger charge is 2.20. The number of aryl methyl sites for hydroxylation is 1. The van der Waals surface area contributed by atoms with Gasteiger partial charge >= 0.3 is 5.69 Å². The van der Waals surface area contributed by atoms with E-state index in [4.69, 9.17) is 0 Å². The SMILES string of the molecule is Cn1c(=O)n(CC2CNC2)c(=O)c2cc(F)ccc21. The van der Waals surface area contributed by atoms with Gasteiger partial charge in [0.25, 0.3) is 5.56 Å². The molecule has 0 unspecified atom stereocenters. The standard InChI is InChI=1S/C13H14FN3O2/c1-16-11-3-2-9(14)4-10(11)12(18)17(13(16)19)7-8-5-15-6-8/h2-4,8,15H,5-7H2,1H3. The van der Waals surface area contributed by atoms with E-state index in [1.54, 1.807) is 7.05 Å². The number of hydrogen-bond acceptors (Lipinski definition) is 3. The van der Waals surface area contributed by atoms with Crippen LogP contribution in [0.25, 0.3) is 10.9 Å². The molecule has 1 aromatic carbocycles. The lowest BCUT2D eigenvalue weighted by Gasteiger charge is -2.27. The summed E-state index contributed by atoms with van der Waals surface area (Å²) in [6.07, 6.45) is 0. The van der Waals surface area contributed by atoms with Crippen LogP contribution in [0.3, 0.4) is 0 Å². The van der Waals surface area contributed by atoms with Crippen molar-refractivity contribution >= 4 is 10.9 Å². The van der Waals surface area contributed by atoms with Crippen LogP contribution in [0.1, 0.15) is 0 Å². The molecule has 0 radical (unpaired) electrons. The van der Waals surface area contributed by atoms with Crippen LogP contribution < -0.4 is 16.6 Å². The molecule has 0 saturated carbocycles. The summed E-state index contributed by atoms with van der Waals surface area (Å²) in [4.78, 5) is 24.5. The Morgan fingerprint density at radius 2 is 2.11 bits per heavy atom. The molecule has 6 heteroatoms. The highest BCUT2D eigenvalue weighted by Crippen LogP contribution is 2.10. The predicted octanol–water partition coefficient (Wildman–Crippen LogP) is 0.0587. The van der Waals surface area contributed by atoms with Gasteiger partial charge in [0.15, 0.2) is 0 Å². The molecule has 0 bridgehead atoms. The van der Waals surface area contributed by atoms with Crippen molar-refractivity contribution in [3.8, 4) is 0 Å². The molecular formula is C13H14FN3O2. The number of benzene rings is 1. The minimum Gasteiger partial charge on any atom is -0.316 e. The molecule has 2 heterocycles. The molecule has 5 nitrogen and oxygen atoms in total. The van der Waals surface area contributed by atoms with Crippen molar-refractivity contribution in [1.29, 1.82) is 0 Å². The second-order valence-electron chi connectivity index (χ2n) is 4.94.